The van der Waals surface area contributed by atoms with Gasteiger partial charge in [0, 0.05) is 36.5 Å². The van der Waals surface area contributed by atoms with E-state index in [4.69, 9.17) is 9.47 Å². The molecular formula is C20H28N2O3. The van der Waals surface area contributed by atoms with Crippen LogP contribution in [-0.4, -0.2) is 68.8 Å². The molecule has 3 saturated heterocycles. The van der Waals surface area contributed by atoms with Crippen molar-refractivity contribution in [1.82, 2.24) is 9.80 Å². The lowest BCUT2D eigenvalue weighted by Crippen LogP contribution is -2.45. The molecule has 5 nitrogen and oxygen atoms in total. The normalized spacial score (nSPS) is 29.6. The van der Waals surface area contributed by atoms with E-state index in [1.807, 2.05) is 29.2 Å². The minimum Gasteiger partial charge on any atom is -0.497 e. The van der Waals surface area contributed by atoms with Crippen LogP contribution in [0.15, 0.2) is 24.3 Å². The zero-order chi connectivity index (χ0) is 17.3. The maximum Gasteiger partial charge on any atom is 0.253 e. The van der Waals surface area contributed by atoms with Gasteiger partial charge in [0.25, 0.3) is 5.91 Å². The summed E-state index contributed by atoms with van der Waals surface area (Å²) in [7, 11) is 1.64. The molecule has 2 atom stereocenters. The van der Waals surface area contributed by atoms with E-state index >= 15 is 0 Å². The summed E-state index contributed by atoms with van der Waals surface area (Å²) in [5.74, 6) is 1.39. The summed E-state index contributed by atoms with van der Waals surface area (Å²) < 4.78 is 11.0. The van der Waals surface area contributed by atoms with Gasteiger partial charge in [-0.05, 0) is 50.2 Å². The van der Waals surface area contributed by atoms with Crippen molar-refractivity contribution in [1.29, 1.82) is 0 Å². The maximum atomic E-state index is 12.9. The Balaban J connectivity index is 1.46. The maximum absolute atomic E-state index is 12.9. The minimum atomic E-state index is 0.124. The molecule has 0 N–H and O–H groups in total. The van der Waals surface area contributed by atoms with Crippen LogP contribution in [0.5, 0.6) is 5.75 Å². The topological polar surface area (TPSA) is 42.0 Å². The smallest absolute Gasteiger partial charge is 0.253 e. The number of carbonyl (C=O) groups excluding carboxylic acids is 1. The van der Waals surface area contributed by atoms with Gasteiger partial charge in [0.2, 0.25) is 0 Å². The van der Waals surface area contributed by atoms with Crippen LogP contribution in [0, 0.1) is 11.3 Å². The number of nitrogens with zero attached hydrogens (tertiary/aromatic N) is 2. The summed E-state index contributed by atoms with van der Waals surface area (Å²) in [5.41, 5.74) is 0.870. The fourth-order valence-electron chi connectivity index (χ4n) is 4.69. The number of fused-ring (bicyclic) bond motifs is 1. The molecule has 0 aliphatic carbocycles. The van der Waals surface area contributed by atoms with E-state index < -0.39 is 0 Å². The van der Waals surface area contributed by atoms with Gasteiger partial charge in [-0.2, -0.15) is 0 Å². The molecular weight excluding hydrogens is 316 g/mol. The molecule has 3 fully saturated rings. The number of amides is 1. The van der Waals surface area contributed by atoms with Gasteiger partial charge < -0.3 is 19.3 Å². The number of hydrogen-bond acceptors (Lipinski definition) is 4. The van der Waals surface area contributed by atoms with Crippen molar-refractivity contribution < 1.29 is 14.3 Å². The van der Waals surface area contributed by atoms with Crippen molar-refractivity contribution in [3.63, 3.8) is 0 Å². The highest BCUT2D eigenvalue weighted by Gasteiger charge is 2.52. The molecule has 25 heavy (non-hydrogen) atoms. The molecule has 1 aromatic rings. The summed E-state index contributed by atoms with van der Waals surface area (Å²) in [5, 5.41) is 0. The van der Waals surface area contributed by atoms with Gasteiger partial charge in [0.05, 0.1) is 20.3 Å². The summed E-state index contributed by atoms with van der Waals surface area (Å²) >= 11 is 0. The Morgan fingerprint density at radius 2 is 2.00 bits per heavy atom. The van der Waals surface area contributed by atoms with Gasteiger partial charge >= 0.3 is 0 Å². The molecule has 0 radical (unpaired) electrons. The molecule has 1 amide bonds. The second-order valence-electron chi connectivity index (χ2n) is 7.83. The number of ether oxygens (including phenoxy) is 2. The number of methoxy groups -OCH3 is 1. The molecule has 0 saturated carbocycles. The monoisotopic (exact) mass is 344 g/mol. The third-order valence-corrected chi connectivity index (χ3v) is 6.13. The Hall–Kier alpha value is -1.59. The second kappa shape index (κ2) is 6.96. The van der Waals surface area contributed by atoms with Gasteiger partial charge in [-0.1, -0.05) is 6.42 Å². The van der Waals surface area contributed by atoms with Crippen molar-refractivity contribution in [2.45, 2.75) is 19.3 Å². The fourth-order valence-corrected chi connectivity index (χ4v) is 4.69. The SMILES string of the molecule is COc1ccc(C(=O)N2C[C@@H]3COC[C@]3(CN3CCCCC3)C2)cc1. The number of carbonyl (C=O) groups is 1. The average Bonchev–Trinajstić information content (AvgIpc) is 3.19. The van der Waals surface area contributed by atoms with E-state index in [1.54, 1.807) is 7.11 Å². The molecule has 3 aliphatic rings. The largest absolute Gasteiger partial charge is 0.497 e. The molecule has 1 aromatic carbocycles. The van der Waals surface area contributed by atoms with Crippen LogP contribution >= 0.6 is 0 Å². The molecule has 5 heteroatoms. The zero-order valence-electron chi connectivity index (χ0n) is 15.1. The Morgan fingerprint density at radius 1 is 1.24 bits per heavy atom. The van der Waals surface area contributed by atoms with Crippen molar-refractivity contribution >= 4 is 5.91 Å². The van der Waals surface area contributed by atoms with Crippen molar-refractivity contribution in [3.05, 3.63) is 29.8 Å². The van der Waals surface area contributed by atoms with Crippen molar-refractivity contribution in [2.24, 2.45) is 11.3 Å². The molecule has 3 heterocycles. The summed E-state index contributed by atoms with van der Waals surface area (Å²) in [6, 6.07) is 7.44. The lowest BCUT2D eigenvalue weighted by molar-refractivity contribution is 0.0655. The van der Waals surface area contributed by atoms with Gasteiger partial charge in [-0.25, -0.2) is 0 Å². The zero-order valence-corrected chi connectivity index (χ0v) is 15.1. The van der Waals surface area contributed by atoms with Gasteiger partial charge in [-0.3, -0.25) is 4.79 Å². The number of benzene rings is 1. The Morgan fingerprint density at radius 3 is 2.72 bits per heavy atom. The first kappa shape index (κ1) is 16.9. The Labute approximate surface area is 149 Å². The standard InChI is InChI=1S/C20H28N2O3/c1-24-18-7-5-16(6-8-18)19(23)22-11-17-12-25-15-20(17,14-22)13-21-9-3-2-4-10-21/h5-8,17H,2-4,9-15H2,1H3/t17-,20+/m1/s1. The Kier molecular flexibility index (Phi) is 4.69. The fraction of sp³-hybridized carbons (Fsp3) is 0.650. The van der Waals surface area contributed by atoms with Gasteiger partial charge in [-0.15, -0.1) is 0 Å². The molecule has 136 valence electrons. The van der Waals surface area contributed by atoms with E-state index in [1.165, 1.54) is 32.4 Å². The highest BCUT2D eigenvalue weighted by molar-refractivity contribution is 5.94. The van der Waals surface area contributed by atoms with E-state index in [2.05, 4.69) is 4.90 Å². The predicted molar refractivity (Wildman–Crippen MR) is 95.9 cm³/mol. The molecule has 0 aromatic heterocycles. The van der Waals surface area contributed by atoms with E-state index in [9.17, 15) is 4.79 Å². The van der Waals surface area contributed by atoms with E-state index in [-0.39, 0.29) is 11.3 Å². The number of likely N-dealkylation sites (tertiary alicyclic amines) is 2. The van der Waals surface area contributed by atoms with E-state index in [0.29, 0.717) is 5.92 Å². The van der Waals surface area contributed by atoms with E-state index in [0.717, 1.165) is 44.2 Å². The second-order valence-corrected chi connectivity index (χ2v) is 7.83. The van der Waals surface area contributed by atoms with Crippen LogP contribution < -0.4 is 4.74 Å². The van der Waals surface area contributed by atoms with Crippen LogP contribution in [0.4, 0.5) is 0 Å². The lowest BCUT2D eigenvalue weighted by atomic mass is 9.80. The minimum absolute atomic E-state index is 0.124. The first-order valence-electron chi connectivity index (χ1n) is 9.44. The number of rotatable bonds is 4. The van der Waals surface area contributed by atoms with Crippen molar-refractivity contribution in [3.8, 4) is 5.75 Å². The first-order chi connectivity index (χ1) is 12.2. The highest BCUT2D eigenvalue weighted by Crippen LogP contribution is 2.42. The van der Waals surface area contributed by atoms with Crippen LogP contribution in [0.3, 0.4) is 0 Å². The van der Waals surface area contributed by atoms with Crippen molar-refractivity contribution in [2.75, 3.05) is 53.0 Å². The molecule has 0 bridgehead atoms. The molecule has 0 spiro atoms. The van der Waals surface area contributed by atoms with Gasteiger partial charge in [0.15, 0.2) is 0 Å². The Bertz CT molecular complexity index is 612. The quantitative estimate of drug-likeness (QED) is 0.840. The molecule has 3 aliphatic heterocycles. The average molecular weight is 344 g/mol. The summed E-state index contributed by atoms with van der Waals surface area (Å²) in [6.07, 6.45) is 3.96. The number of piperidine rings is 1. The first-order valence-corrected chi connectivity index (χ1v) is 9.44. The van der Waals surface area contributed by atoms with Gasteiger partial charge in [0.1, 0.15) is 5.75 Å². The van der Waals surface area contributed by atoms with Crippen LogP contribution in [0.2, 0.25) is 0 Å². The summed E-state index contributed by atoms with van der Waals surface area (Å²) in [4.78, 5) is 17.6. The van der Waals surface area contributed by atoms with Crippen LogP contribution in [0.25, 0.3) is 0 Å². The number of hydrogen-bond donors (Lipinski definition) is 0. The molecule has 4 rings (SSSR count). The lowest BCUT2D eigenvalue weighted by Gasteiger charge is -2.36. The predicted octanol–water partition coefficient (Wildman–Crippen LogP) is 2.27. The van der Waals surface area contributed by atoms with Crippen LogP contribution in [-0.2, 0) is 4.74 Å². The third kappa shape index (κ3) is 3.27. The summed E-state index contributed by atoms with van der Waals surface area (Å²) in [6.45, 7) is 6.68. The highest BCUT2D eigenvalue weighted by atomic mass is 16.5. The molecule has 0 unspecified atom stereocenters. The third-order valence-electron chi connectivity index (χ3n) is 6.13. The van der Waals surface area contributed by atoms with Crippen LogP contribution in [0.1, 0.15) is 29.6 Å².